The number of fused-ring (bicyclic) bond motifs is 1. The molecule has 2 aliphatic heterocycles. The topological polar surface area (TPSA) is 103 Å². The van der Waals surface area contributed by atoms with E-state index in [1.54, 1.807) is 36.4 Å². The number of rotatable bonds is 5. The average molecular weight is 424 g/mol. The fourth-order valence-electron chi connectivity index (χ4n) is 3.72. The van der Waals surface area contributed by atoms with Crippen molar-refractivity contribution in [1.29, 1.82) is 0 Å². The van der Waals surface area contributed by atoms with Crippen LogP contribution >= 0.6 is 0 Å². The van der Waals surface area contributed by atoms with Crippen molar-refractivity contribution in [2.45, 2.75) is 38.2 Å². The molecule has 2 N–H and O–H groups in total. The van der Waals surface area contributed by atoms with E-state index in [1.807, 2.05) is 19.1 Å². The molecule has 2 fully saturated rings. The Hall–Kier alpha value is -3.23. The Kier molecular flexibility index (Phi) is 6.01. The minimum atomic E-state index is -0.638. The Morgan fingerprint density at radius 3 is 2.23 bits per heavy atom. The average Bonchev–Trinajstić information content (AvgIpc) is 3.32. The molecule has 4 unspecified atom stereocenters. The molecule has 0 aromatic heterocycles. The maximum absolute atomic E-state index is 12.5. The van der Waals surface area contributed by atoms with E-state index in [4.69, 9.17) is 14.2 Å². The van der Waals surface area contributed by atoms with Crippen LogP contribution in [0, 0.1) is 6.92 Å². The van der Waals surface area contributed by atoms with Gasteiger partial charge in [0.05, 0.1) is 19.3 Å². The van der Waals surface area contributed by atoms with Crippen LogP contribution in [0.15, 0.2) is 48.5 Å². The molecule has 2 aromatic rings. The van der Waals surface area contributed by atoms with Gasteiger partial charge in [-0.15, -0.1) is 0 Å². The molecule has 2 saturated heterocycles. The largest absolute Gasteiger partial charge is 0.441 e. The summed E-state index contributed by atoms with van der Waals surface area (Å²) in [6.45, 7) is 3.90. The van der Waals surface area contributed by atoms with Gasteiger partial charge in [-0.25, -0.2) is 4.79 Å². The van der Waals surface area contributed by atoms with Crippen LogP contribution in [0.5, 0.6) is 0 Å². The molecular formula is C23H24N2O6. The summed E-state index contributed by atoms with van der Waals surface area (Å²) in [6, 6.07) is 13.5. The minimum absolute atomic E-state index is 0.0503. The first kappa shape index (κ1) is 21.0. The summed E-state index contributed by atoms with van der Waals surface area (Å²) in [5, 5.41) is 5.57. The minimum Gasteiger partial charge on any atom is -0.441 e. The van der Waals surface area contributed by atoms with E-state index >= 15 is 0 Å². The molecule has 0 radical (unpaired) electrons. The zero-order valence-corrected chi connectivity index (χ0v) is 17.3. The van der Waals surface area contributed by atoms with Crippen LogP contribution in [-0.2, 0) is 14.2 Å². The van der Waals surface area contributed by atoms with Crippen molar-refractivity contribution in [2.24, 2.45) is 0 Å². The number of Topliss-reactive ketones (excluding diaryl/α,β-unsaturated/α-hetero) is 1. The van der Waals surface area contributed by atoms with Gasteiger partial charge < -0.3 is 19.5 Å². The lowest BCUT2D eigenvalue weighted by molar-refractivity contribution is 0.00862. The standard InChI is InChI=1S/C23H24N2O6/c1-13-3-5-16(6-4-13)22(27)25-18-11-29-21-19(12-30-20(18)21)31-23(28)24-17-9-7-15(8-10-17)14(2)26/h3-10,18-21H,11-12H2,1-2H3,(H,24,28)(H,25,27). The molecule has 2 aromatic carbocycles. The van der Waals surface area contributed by atoms with Gasteiger partial charge in [-0.3, -0.25) is 14.9 Å². The van der Waals surface area contributed by atoms with Crippen molar-refractivity contribution in [2.75, 3.05) is 18.5 Å². The lowest BCUT2D eigenvalue weighted by atomic mass is 10.1. The quantitative estimate of drug-likeness (QED) is 0.716. The zero-order valence-electron chi connectivity index (χ0n) is 17.3. The zero-order chi connectivity index (χ0) is 22.0. The highest BCUT2D eigenvalue weighted by Crippen LogP contribution is 2.29. The van der Waals surface area contributed by atoms with Gasteiger partial charge in [0.1, 0.15) is 12.2 Å². The molecule has 0 saturated carbocycles. The van der Waals surface area contributed by atoms with Gasteiger partial charge >= 0.3 is 6.09 Å². The van der Waals surface area contributed by atoms with Crippen molar-refractivity contribution in [3.63, 3.8) is 0 Å². The second kappa shape index (κ2) is 8.87. The van der Waals surface area contributed by atoms with Crippen LogP contribution in [0.1, 0.15) is 33.2 Å². The summed E-state index contributed by atoms with van der Waals surface area (Å²) in [5.41, 5.74) is 2.72. The first-order chi connectivity index (χ1) is 14.9. The van der Waals surface area contributed by atoms with Crippen molar-refractivity contribution in [3.05, 3.63) is 65.2 Å². The van der Waals surface area contributed by atoms with E-state index in [-0.39, 0.29) is 37.0 Å². The molecule has 2 heterocycles. The van der Waals surface area contributed by atoms with Crippen LogP contribution in [0.25, 0.3) is 0 Å². The Labute approximate surface area is 179 Å². The van der Waals surface area contributed by atoms with Gasteiger partial charge in [0.15, 0.2) is 11.9 Å². The van der Waals surface area contributed by atoms with Gasteiger partial charge in [-0.2, -0.15) is 0 Å². The number of benzene rings is 2. The van der Waals surface area contributed by atoms with E-state index in [1.165, 1.54) is 6.92 Å². The number of aryl methyl sites for hydroxylation is 1. The number of ketones is 1. The number of nitrogens with one attached hydrogen (secondary N) is 2. The van der Waals surface area contributed by atoms with Gasteiger partial charge in [0, 0.05) is 16.8 Å². The Balaban J connectivity index is 1.30. The van der Waals surface area contributed by atoms with Crippen molar-refractivity contribution in [1.82, 2.24) is 5.32 Å². The summed E-state index contributed by atoms with van der Waals surface area (Å²) in [4.78, 5) is 36.1. The van der Waals surface area contributed by atoms with Crippen molar-refractivity contribution < 1.29 is 28.6 Å². The summed E-state index contributed by atoms with van der Waals surface area (Å²) in [5.74, 6) is -0.250. The molecule has 4 rings (SSSR count). The Morgan fingerprint density at radius 1 is 0.903 bits per heavy atom. The number of carbonyl (C=O) groups is 3. The highest BCUT2D eigenvalue weighted by Gasteiger charge is 2.50. The molecule has 0 bridgehead atoms. The summed E-state index contributed by atoms with van der Waals surface area (Å²) >= 11 is 0. The van der Waals surface area contributed by atoms with Crippen molar-refractivity contribution in [3.8, 4) is 0 Å². The van der Waals surface area contributed by atoms with E-state index in [2.05, 4.69) is 10.6 Å². The third kappa shape index (κ3) is 4.76. The number of anilines is 1. The normalized spacial score (nSPS) is 24.3. The van der Waals surface area contributed by atoms with Gasteiger partial charge in [0.2, 0.25) is 0 Å². The van der Waals surface area contributed by atoms with Crippen LogP contribution in [0.2, 0.25) is 0 Å². The molecule has 2 aliphatic rings. The van der Waals surface area contributed by atoms with Gasteiger partial charge in [0.25, 0.3) is 5.91 Å². The predicted octanol–water partition coefficient (Wildman–Crippen LogP) is 2.71. The fraction of sp³-hybridized carbons (Fsp3) is 0.348. The SMILES string of the molecule is CC(=O)c1ccc(NC(=O)OC2COC3C(NC(=O)c4ccc(C)cc4)COC23)cc1. The Bertz CT molecular complexity index is 973. The first-order valence-corrected chi connectivity index (χ1v) is 10.1. The van der Waals surface area contributed by atoms with Gasteiger partial charge in [-0.1, -0.05) is 17.7 Å². The van der Waals surface area contributed by atoms with Crippen LogP contribution in [0.4, 0.5) is 10.5 Å². The Morgan fingerprint density at radius 2 is 1.55 bits per heavy atom. The third-order valence-corrected chi connectivity index (χ3v) is 5.43. The number of ether oxygens (including phenoxy) is 3. The van der Waals surface area contributed by atoms with Crippen LogP contribution in [0.3, 0.4) is 0 Å². The van der Waals surface area contributed by atoms with Crippen molar-refractivity contribution >= 4 is 23.5 Å². The summed E-state index contributed by atoms with van der Waals surface area (Å²) in [6.07, 6.45) is -2.06. The smallest absolute Gasteiger partial charge is 0.412 e. The maximum Gasteiger partial charge on any atom is 0.412 e. The van der Waals surface area contributed by atoms with Crippen LogP contribution in [-0.4, -0.2) is 55.4 Å². The third-order valence-electron chi connectivity index (χ3n) is 5.43. The first-order valence-electron chi connectivity index (χ1n) is 10.1. The van der Waals surface area contributed by atoms with Gasteiger partial charge in [-0.05, 0) is 50.2 Å². The number of hydrogen-bond donors (Lipinski definition) is 2. The molecule has 162 valence electrons. The maximum atomic E-state index is 12.5. The molecular weight excluding hydrogens is 400 g/mol. The molecule has 8 nitrogen and oxygen atoms in total. The van der Waals surface area contributed by atoms with E-state index in [0.717, 1.165) is 5.56 Å². The lowest BCUT2D eigenvalue weighted by Gasteiger charge is -2.18. The molecule has 0 aliphatic carbocycles. The summed E-state index contributed by atoms with van der Waals surface area (Å²) < 4.78 is 17.0. The fourth-order valence-corrected chi connectivity index (χ4v) is 3.72. The number of amides is 2. The van der Waals surface area contributed by atoms with E-state index in [0.29, 0.717) is 16.8 Å². The second-order valence-corrected chi connectivity index (χ2v) is 7.74. The molecule has 8 heteroatoms. The molecule has 2 amide bonds. The molecule has 4 atom stereocenters. The number of carbonyl (C=O) groups excluding carboxylic acids is 3. The summed E-state index contributed by atoms with van der Waals surface area (Å²) in [7, 11) is 0. The number of hydrogen-bond acceptors (Lipinski definition) is 6. The molecule has 0 spiro atoms. The second-order valence-electron chi connectivity index (χ2n) is 7.74. The lowest BCUT2D eigenvalue weighted by Crippen LogP contribution is -2.44. The predicted molar refractivity (Wildman–Crippen MR) is 112 cm³/mol. The highest BCUT2D eigenvalue weighted by atomic mass is 16.6. The monoisotopic (exact) mass is 424 g/mol. The highest BCUT2D eigenvalue weighted by molar-refractivity contribution is 5.95. The molecule has 31 heavy (non-hydrogen) atoms. The van der Waals surface area contributed by atoms with E-state index in [9.17, 15) is 14.4 Å². The van der Waals surface area contributed by atoms with Crippen LogP contribution < -0.4 is 10.6 Å². The van der Waals surface area contributed by atoms with E-state index < -0.39 is 18.3 Å².